The molecular formula is C28H26N6O5S. The maximum Gasteiger partial charge on any atom is 0.278 e. The summed E-state index contributed by atoms with van der Waals surface area (Å²) in [5.41, 5.74) is 3.93. The number of ether oxygens (including phenoxy) is 1. The van der Waals surface area contributed by atoms with Crippen molar-refractivity contribution < 1.29 is 23.2 Å². The van der Waals surface area contributed by atoms with Crippen molar-refractivity contribution in [3.63, 3.8) is 0 Å². The summed E-state index contributed by atoms with van der Waals surface area (Å²) in [6, 6.07) is 18.7. The van der Waals surface area contributed by atoms with E-state index in [1.54, 1.807) is 40.6 Å². The minimum atomic E-state index is -3.97. The monoisotopic (exact) mass is 558 g/mol. The molecular weight excluding hydrogens is 532 g/mol. The number of benzene rings is 2. The molecule has 0 aliphatic carbocycles. The van der Waals surface area contributed by atoms with Crippen LogP contribution in [0.25, 0.3) is 22.3 Å². The second-order valence-corrected chi connectivity index (χ2v) is 10.7. The fourth-order valence-electron chi connectivity index (χ4n) is 4.46. The van der Waals surface area contributed by atoms with Gasteiger partial charge < -0.3 is 9.64 Å². The fraction of sp³-hybridized carbons (Fsp3) is 0.143. The van der Waals surface area contributed by atoms with E-state index in [2.05, 4.69) is 9.97 Å². The van der Waals surface area contributed by atoms with E-state index >= 15 is 0 Å². The number of hydroxylamine groups is 1. The SMILES string of the molecule is CCn1nc(-c2ccccc2)c2c(N(CS(=O)(=O)c3ccc(OC)cc3)c3cccnc3)c(C(=O)NO)cnc21. The molecule has 12 heteroatoms. The van der Waals surface area contributed by atoms with Gasteiger partial charge in [-0.1, -0.05) is 30.3 Å². The molecule has 11 nitrogen and oxygen atoms in total. The van der Waals surface area contributed by atoms with E-state index in [-0.39, 0.29) is 16.1 Å². The Hall–Kier alpha value is -4.81. The summed E-state index contributed by atoms with van der Waals surface area (Å²) < 4.78 is 34.5. The van der Waals surface area contributed by atoms with E-state index in [0.717, 1.165) is 5.56 Å². The van der Waals surface area contributed by atoms with Gasteiger partial charge in [-0.15, -0.1) is 0 Å². The Bertz CT molecular complexity index is 1760. The van der Waals surface area contributed by atoms with Crippen LogP contribution < -0.4 is 15.1 Å². The first kappa shape index (κ1) is 26.8. The second kappa shape index (κ2) is 11.1. The summed E-state index contributed by atoms with van der Waals surface area (Å²) in [7, 11) is -2.48. The number of aryl methyl sites for hydroxylation is 1. The van der Waals surface area contributed by atoms with Gasteiger partial charge in [-0.2, -0.15) is 5.10 Å². The number of pyridine rings is 2. The zero-order valence-corrected chi connectivity index (χ0v) is 22.5. The number of aromatic nitrogens is 4. The number of sulfone groups is 1. The maximum atomic E-state index is 13.8. The van der Waals surface area contributed by atoms with Gasteiger partial charge in [0.15, 0.2) is 15.5 Å². The van der Waals surface area contributed by atoms with Crippen LogP contribution in [-0.2, 0) is 16.4 Å². The molecule has 40 heavy (non-hydrogen) atoms. The molecule has 0 aliphatic rings. The van der Waals surface area contributed by atoms with Crippen LogP contribution in [0.2, 0.25) is 0 Å². The number of nitrogens with zero attached hydrogens (tertiary/aromatic N) is 5. The molecule has 5 rings (SSSR count). The predicted molar refractivity (Wildman–Crippen MR) is 149 cm³/mol. The molecule has 0 spiro atoms. The molecule has 3 aromatic heterocycles. The number of amides is 1. The number of hydrogen-bond acceptors (Lipinski definition) is 9. The number of methoxy groups -OCH3 is 1. The van der Waals surface area contributed by atoms with Crippen molar-refractivity contribution >= 4 is 38.2 Å². The van der Waals surface area contributed by atoms with E-state index in [4.69, 9.17) is 9.84 Å². The number of rotatable bonds is 9. The van der Waals surface area contributed by atoms with Crippen molar-refractivity contribution in [2.75, 3.05) is 17.9 Å². The number of carbonyl (C=O) groups excluding carboxylic acids is 1. The van der Waals surface area contributed by atoms with Crippen LogP contribution in [0, 0.1) is 0 Å². The summed E-state index contributed by atoms with van der Waals surface area (Å²) in [6.07, 6.45) is 4.37. The van der Waals surface area contributed by atoms with Gasteiger partial charge in [0.1, 0.15) is 17.3 Å². The smallest absolute Gasteiger partial charge is 0.278 e. The normalized spacial score (nSPS) is 11.4. The van der Waals surface area contributed by atoms with Gasteiger partial charge in [0.05, 0.1) is 40.5 Å². The van der Waals surface area contributed by atoms with Crippen molar-refractivity contribution in [3.8, 4) is 17.0 Å². The molecule has 0 fully saturated rings. The predicted octanol–water partition coefficient (Wildman–Crippen LogP) is 4.21. The van der Waals surface area contributed by atoms with Crippen molar-refractivity contribution in [3.05, 3.63) is 90.9 Å². The molecule has 0 saturated carbocycles. The van der Waals surface area contributed by atoms with Crippen molar-refractivity contribution in [1.29, 1.82) is 0 Å². The summed E-state index contributed by atoms with van der Waals surface area (Å²) in [5.74, 6) is -0.898. The Morgan fingerprint density at radius 2 is 1.80 bits per heavy atom. The van der Waals surface area contributed by atoms with Gasteiger partial charge in [0.25, 0.3) is 5.91 Å². The number of nitrogens with one attached hydrogen (secondary N) is 1. The summed E-state index contributed by atoms with van der Waals surface area (Å²) in [6.45, 7) is 2.38. The summed E-state index contributed by atoms with van der Waals surface area (Å²) in [4.78, 5) is 23.2. The average molecular weight is 559 g/mol. The highest BCUT2D eigenvalue weighted by Crippen LogP contribution is 2.40. The van der Waals surface area contributed by atoms with Gasteiger partial charge in [0.2, 0.25) is 0 Å². The molecule has 0 saturated heterocycles. The minimum absolute atomic E-state index is 0.0448. The van der Waals surface area contributed by atoms with Crippen LogP contribution in [0.4, 0.5) is 11.4 Å². The zero-order chi connectivity index (χ0) is 28.3. The van der Waals surface area contributed by atoms with Crippen LogP contribution in [-0.4, -0.2) is 52.3 Å². The highest BCUT2D eigenvalue weighted by Gasteiger charge is 2.30. The first-order valence-corrected chi connectivity index (χ1v) is 14.0. The topological polar surface area (TPSA) is 140 Å². The first-order valence-electron chi connectivity index (χ1n) is 12.3. The highest BCUT2D eigenvalue weighted by atomic mass is 32.2. The van der Waals surface area contributed by atoms with Gasteiger partial charge in [-0.3, -0.25) is 15.0 Å². The molecule has 204 valence electrons. The third-order valence-electron chi connectivity index (χ3n) is 6.37. The highest BCUT2D eigenvalue weighted by molar-refractivity contribution is 7.91. The lowest BCUT2D eigenvalue weighted by molar-refractivity contribution is 0.0707. The largest absolute Gasteiger partial charge is 0.497 e. The Kier molecular flexibility index (Phi) is 7.45. The lowest BCUT2D eigenvalue weighted by atomic mass is 10.0. The molecule has 2 aromatic carbocycles. The average Bonchev–Trinajstić information content (AvgIpc) is 3.39. The number of hydrogen-bond donors (Lipinski definition) is 2. The number of fused-ring (bicyclic) bond motifs is 1. The molecule has 0 radical (unpaired) electrons. The van der Waals surface area contributed by atoms with E-state index in [9.17, 15) is 18.4 Å². The standard InChI is InChI=1S/C28H26N6O5S/c1-3-34-27-24(25(31-34)19-8-5-4-6-9-19)26(23(17-30-27)28(35)32-36)33(20-10-7-15-29-16-20)18-40(37,38)22-13-11-21(39-2)12-14-22/h4-17,36H,3,18H2,1-2H3,(H,32,35). The van der Waals surface area contributed by atoms with Gasteiger partial charge in [0, 0.05) is 24.5 Å². The molecule has 2 N–H and O–H groups in total. The van der Waals surface area contributed by atoms with Crippen LogP contribution in [0.5, 0.6) is 5.75 Å². The molecule has 0 aliphatic heterocycles. The summed E-state index contributed by atoms with van der Waals surface area (Å²) >= 11 is 0. The lowest BCUT2D eigenvalue weighted by Crippen LogP contribution is -2.29. The van der Waals surface area contributed by atoms with Crippen LogP contribution in [0.15, 0.2) is 90.2 Å². The Labute approximate surface area is 230 Å². The number of anilines is 2. The first-order chi connectivity index (χ1) is 19.4. The number of carbonyl (C=O) groups is 1. The Morgan fingerprint density at radius 3 is 2.42 bits per heavy atom. The quantitative estimate of drug-likeness (QED) is 0.201. The van der Waals surface area contributed by atoms with Crippen LogP contribution in [0.3, 0.4) is 0 Å². The maximum absolute atomic E-state index is 13.8. The molecule has 1 amide bonds. The van der Waals surface area contributed by atoms with Gasteiger partial charge in [-0.05, 0) is 43.3 Å². The van der Waals surface area contributed by atoms with E-state index in [0.29, 0.717) is 34.7 Å². The van der Waals surface area contributed by atoms with Gasteiger partial charge >= 0.3 is 0 Å². The van der Waals surface area contributed by atoms with Crippen molar-refractivity contribution in [2.45, 2.75) is 18.4 Å². The lowest BCUT2D eigenvalue weighted by Gasteiger charge is -2.27. The van der Waals surface area contributed by atoms with Crippen LogP contribution in [0.1, 0.15) is 17.3 Å². The Morgan fingerprint density at radius 1 is 1.05 bits per heavy atom. The fourth-order valence-corrected chi connectivity index (χ4v) is 5.78. The molecule has 0 bridgehead atoms. The third-order valence-corrected chi connectivity index (χ3v) is 7.96. The molecule has 3 heterocycles. The zero-order valence-electron chi connectivity index (χ0n) is 21.7. The molecule has 0 unspecified atom stereocenters. The molecule has 0 atom stereocenters. The van der Waals surface area contributed by atoms with Crippen molar-refractivity contribution in [1.82, 2.24) is 25.2 Å². The summed E-state index contributed by atoms with van der Waals surface area (Å²) in [5, 5.41) is 14.8. The van der Waals surface area contributed by atoms with E-state index < -0.39 is 21.6 Å². The van der Waals surface area contributed by atoms with Gasteiger partial charge in [-0.25, -0.2) is 23.6 Å². The Balaban J connectivity index is 1.82. The van der Waals surface area contributed by atoms with E-state index in [1.165, 1.54) is 36.5 Å². The molecule has 5 aromatic rings. The van der Waals surface area contributed by atoms with Crippen LogP contribution >= 0.6 is 0 Å². The third kappa shape index (κ3) is 4.97. The minimum Gasteiger partial charge on any atom is -0.497 e. The van der Waals surface area contributed by atoms with Crippen molar-refractivity contribution in [2.24, 2.45) is 0 Å². The second-order valence-electron chi connectivity index (χ2n) is 8.75. The van der Waals surface area contributed by atoms with E-state index in [1.807, 2.05) is 37.3 Å².